The molecule has 0 aliphatic rings. The summed E-state index contributed by atoms with van der Waals surface area (Å²) < 4.78 is 32.6. The Morgan fingerprint density at radius 1 is 0.846 bits per heavy atom. The van der Waals surface area contributed by atoms with Crippen LogP contribution in [0.3, 0.4) is 0 Å². The van der Waals surface area contributed by atoms with E-state index in [-0.39, 0.29) is 0 Å². The number of phosphoric ester groups is 1. The standard InChI is InChI=1S/C3H9O4P.H3O4P/c1-5-8(4,6-2)7-3;1-5(2,3)4/h1-3H3;(H3,1,2,3,4). The molecule has 0 saturated carbocycles. The number of rotatable bonds is 3. The summed E-state index contributed by atoms with van der Waals surface area (Å²) in [5, 5.41) is 0. The number of phosphoric acid groups is 2. The first-order chi connectivity index (χ1) is 5.68. The minimum atomic E-state index is -4.64. The Kier molecular flexibility index (Phi) is 8.01. The van der Waals surface area contributed by atoms with Crippen molar-refractivity contribution in [3.8, 4) is 0 Å². The molecule has 0 aromatic heterocycles. The summed E-state index contributed by atoms with van der Waals surface area (Å²) in [7, 11) is -4.03. The molecule has 0 spiro atoms. The second kappa shape index (κ2) is 6.64. The topological polar surface area (TPSA) is 123 Å². The number of hydrogen-bond acceptors (Lipinski definition) is 5. The Hall–Kier alpha value is 0.220. The Morgan fingerprint density at radius 3 is 1.00 bits per heavy atom. The van der Waals surface area contributed by atoms with Gasteiger partial charge in [0, 0.05) is 21.3 Å². The minimum absolute atomic E-state index is 1.26. The van der Waals surface area contributed by atoms with Crippen LogP contribution in [0.5, 0.6) is 0 Å². The van der Waals surface area contributed by atoms with Crippen molar-refractivity contribution in [3.63, 3.8) is 0 Å². The van der Waals surface area contributed by atoms with Crippen molar-refractivity contribution in [2.75, 3.05) is 21.3 Å². The van der Waals surface area contributed by atoms with Crippen molar-refractivity contribution in [2.45, 2.75) is 0 Å². The third-order valence-electron chi connectivity index (χ3n) is 0.671. The summed E-state index contributed by atoms with van der Waals surface area (Å²) in [6.07, 6.45) is 0. The lowest BCUT2D eigenvalue weighted by Gasteiger charge is -2.08. The second-order valence-electron chi connectivity index (χ2n) is 1.51. The van der Waals surface area contributed by atoms with Crippen molar-refractivity contribution in [1.29, 1.82) is 0 Å². The summed E-state index contributed by atoms with van der Waals surface area (Å²) >= 11 is 0. The van der Waals surface area contributed by atoms with E-state index in [1.165, 1.54) is 21.3 Å². The van der Waals surface area contributed by atoms with Crippen LogP contribution in [0.15, 0.2) is 0 Å². The molecule has 8 nitrogen and oxygen atoms in total. The molecule has 0 rings (SSSR count). The zero-order valence-electron chi connectivity index (χ0n) is 7.28. The van der Waals surface area contributed by atoms with Crippen LogP contribution in [-0.4, -0.2) is 36.0 Å². The molecule has 0 aromatic rings. The quantitative estimate of drug-likeness (QED) is 0.591. The van der Waals surface area contributed by atoms with Crippen LogP contribution >= 0.6 is 15.6 Å². The zero-order chi connectivity index (χ0) is 11.1. The molecule has 0 bridgehead atoms. The van der Waals surface area contributed by atoms with Crippen LogP contribution < -0.4 is 0 Å². The Balaban J connectivity index is 0. The van der Waals surface area contributed by atoms with Crippen molar-refractivity contribution in [3.05, 3.63) is 0 Å². The molecule has 0 heterocycles. The van der Waals surface area contributed by atoms with E-state index < -0.39 is 15.6 Å². The average molecular weight is 238 g/mol. The first kappa shape index (κ1) is 15.7. The van der Waals surface area contributed by atoms with Gasteiger partial charge in [0.25, 0.3) is 0 Å². The van der Waals surface area contributed by atoms with Gasteiger partial charge in [-0.1, -0.05) is 0 Å². The fourth-order valence-electron chi connectivity index (χ4n) is 0.224. The molecule has 0 amide bonds. The SMILES string of the molecule is COP(=O)(OC)OC.O=P(O)(O)O. The van der Waals surface area contributed by atoms with Gasteiger partial charge in [-0.05, 0) is 0 Å². The zero-order valence-corrected chi connectivity index (χ0v) is 9.07. The third-order valence-corrected chi connectivity index (χ3v) is 2.01. The molecule has 13 heavy (non-hydrogen) atoms. The van der Waals surface area contributed by atoms with Gasteiger partial charge in [-0.2, -0.15) is 0 Å². The summed E-state index contributed by atoms with van der Waals surface area (Å²) in [5.41, 5.74) is 0. The van der Waals surface area contributed by atoms with E-state index in [1.807, 2.05) is 0 Å². The number of hydrogen-bond donors (Lipinski definition) is 3. The maximum absolute atomic E-state index is 10.7. The van der Waals surface area contributed by atoms with E-state index in [0.29, 0.717) is 0 Å². The van der Waals surface area contributed by atoms with Crippen molar-refractivity contribution in [1.82, 2.24) is 0 Å². The van der Waals surface area contributed by atoms with E-state index in [0.717, 1.165) is 0 Å². The fraction of sp³-hybridized carbons (Fsp3) is 1.00. The van der Waals surface area contributed by atoms with E-state index >= 15 is 0 Å². The highest BCUT2D eigenvalue weighted by atomic mass is 31.2. The van der Waals surface area contributed by atoms with Gasteiger partial charge in [-0.15, -0.1) is 0 Å². The van der Waals surface area contributed by atoms with Crippen LogP contribution in [0.1, 0.15) is 0 Å². The lowest BCUT2D eigenvalue weighted by Crippen LogP contribution is -1.88. The lowest BCUT2D eigenvalue weighted by molar-refractivity contribution is 0.178. The second-order valence-corrected chi connectivity index (χ2v) is 4.52. The summed E-state index contributed by atoms with van der Waals surface area (Å²) in [6, 6.07) is 0. The highest BCUT2D eigenvalue weighted by molar-refractivity contribution is 7.48. The highest BCUT2D eigenvalue weighted by Crippen LogP contribution is 2.46. The molecular weight excluding hydrogens is 226 g/mol. The average Bonchev–Trinajstić information content (AvgIpc) is 2.00. The first-order valence-corrected chi connectivity index (χ1v) is 5.76. The molecule has 3 N–H and O–H groups in total. The van der Waals surface area contributed by atoms with Gasteiger partial charge < -0.3 is 14.7 Å². The molecule has 0 saturated heterocycles. The lowest BCUT2D eigenvalue weighted by atomic mass is 11.8. The van der Waals surface area contributed by atoms with E-state index in [4.69, 9.17) is 19.2 Å². The van der Waals surface area contributed by atoms with Gasteiger partial charge >= 0.3 is 15.6 Å². The van der Waals surface area contributed by atoms with Gasteiger partial charge in [-0.3, -0.25) is 13.6 Å². The molecule has 10 heteroatoms. The Bertz CT molecular complexity index is 180. The molecule has 0 unspecified atom stereocenters. The predicted molar refractivity (Wildman–Crippen MR) is 42.9 cm³/mol. The maximum atomic E-state index is 10.7. The Morgan fingerprint density at radius 2 is 1.00 bits per heavy atom. The maximum Gasteiger partial charge on any atom is 0.473 e. The molecule has 0 aromatic carbocycles. The summed E-state index contributed by atoms with van der Waals surface area (Å²) in [6.45, 7) is 0. The largest absolute Gasteiger partial charge is 0.473 e. The molecule has 0 fully saturated rings. The normalized spacial score (nSPS) is 11.8. The molecule has 82 valence electrons. The van der Waals surface area contributed by atoms with Gasteiger partial charge in [0.15, 0.2) is 0 Å². The molecule has 0 atom stereocenters. The molecule has 0 aliphatic carbocycles. The van der Waals surface area contributed by atoms with Gasteiger partial charge in [0.05, 0.1) is 0 Å². The smallest absolute Gasteiger partial charge is 0.303 e. The highest BCUT2D eigenvalue weighted by Gasteiger charge is 2.18. The molecular formula is C3H12O8P2. The first-order valence-electron chi connectivity index (χ1n) is 2.74. The fourth-order valence-corrected chi connectivity index (χ4v) is 0.671. The summed E-state index contributed by atoms with van der Waals surface area (Å²) in [4.78, 5) is 21.6. The third kappa shape index (κ3) is 15.0. The van der Waals surface area contributed by atoms with Crippen molar-refractivity contribution in [2.24, 2.45) is 0 Å². The van der Waals surface area contributed by atoms with Crippen LogP contribution in [0.2, 0.25) is 0 Å². The van der Waals surface area contributed by atoms with E-state index in [1.54, 1.807) is 0 Å². The van der Waals surface area contributed by atoms with Crippen molar-refractivity contribution < 1.29 is 37.4 Å². The van der Waals surface area contributed by atoms with E-state index in [9.17, 15) is 4.57 Å². The van der Waals surface area contributed by atoms with Crippen LogP contribution in [-0.2, 0) is 22.7 Å². The van der Waals surface area contributed by atoms with Gasteiger partial charge in [0.1, 0.15) is 0 Å². The van der Waals surface area contributed by atoms with Crippen LogP contribution in [0, 0.1) is 0 Å². The minimum Gasteiger partial charge on any atom is -0.303 e. The predicted octanol–water partition coefficient (Wildman–Crippen LogP) is 0.105. The Labute approximate surface area is 75.3 Å². The van der Waals surface area contributed by atoms with Gasteiger partial charge in [-0.25, -0.2) is 9.13 Å². The van der Waals surface area contributed by atoms with Crippen LogP contribution in [0.25, 0.3) is 0 Å². The van der Waals surface area contributed by atoms with Crippen molar-refractivity contribution >= 4 is 15.6 Å². The molecule has 0 radical (unpaired) electrons. The molecule has 0 aliphatic heterocycles. The van der Waals surface area contributed by atoms with Crippen LogP contribution in [0.4, 0.5) is 0 Å². The van der Waals surface area contributed by atoms with Gasteiger partial charge in [0.2, 0.25) is 0 Å². The van der Waals surface area contributed by atoms with E-state index in [2.05, 4.69) is 13.6 Å². The summed E-state index contributed by atoms with van der Waals surface area (Å²) in [5.74, 6) is 0. The monoisotopic (exact) mass is 238 g/mol.